The maximum absolute atomic E-state index is 12.7. The van der Waals surface area contributed by atoms with E-state index < -0.39 is 10.8 Å². The molecule has 8 heteroatoms. The van der Waals surface area contributed by atoms with Crippen LogP contribution in [0.5, 0.6) is 5.75 Å². The molecule has 6 nitrogen and oxygen atoms in total. The van der Waals surface area contributed by atoms with Crippen LogP contribution >= 0.6 is 11.6 Å². The number of halogens is 1. The number of pyridine rings is 1. The molecule has 2 aromatic carbocycles. The Labute approximate surface area is 199 Å². The van der Waals surface area contributed by atoms with Gasteiger partial charge in [-0.2, -0.15) is 0 Å². The van der Waals surface area contributed by atoms with E-state index in [2.05, 4.69) is 22.1 Å². The number of benzene rings is 2. The lowest BCUT2D eigenvalue weighted by Crippen LogP contribution is -2.20. The van der Waals surface area contributed by atoms with Crippen molar-refractivity contribution in [2.45, 2.75) is 24.6 Å². The summed E-state index contributed by atoms with van der Waals surface area (Å²) in [4.78, 5) is 13.5. The minimum Gasteiger partial charge on any atom is -0.486 e. The molecule has 1 aliphatic rings. The van der Waals surface area contributed by atoms with Crippen LogP contribution in [0.1, 0.15) is 16.8 Å². The Bertz CT molecular complexity index is 1370. The molecule has 0 radical (unpaired) electrons. The van der Waals surface area contributed by atoms with E-state index in [4.69, 9.17) is 21.3 Å². The number of ether oxygens (including phenoxy) is 1. The Balaban J connectivity index is 1.42. The second-order valence-electron chi connectivity index (χ2n) is 7.60. The van der Waals surface area contributed by atoms with Crippen molar-refractivity contribution in [2.24, 2.45) is 4.99 Å². The first kappa shape index (κ1) is 21.6. The molecule has 0 fully saturated rings. The first-order valence-electron chi connectivity index (χ1n) is 10.5. The van der Waals surface area contributed by atoms with Gasteiger partial charge < -0.3 is 9.30 Å². The minimum atomic E-state index is -1.07. The summed E-state index contributed by atoms with van der Waals surface area (Å²) in [6, 6.07) is 21.1. The Morgan fingerprint density at radius 1 is 1.06 bits per heavy atom. The number of hydrogen-bond donors (Lipinski definition) is 0. The van der Waals surface area contributed by atoms with Gasteiger partial charge in [-0.3, -0.25) is 9.19 Å². The Kier molecular flexibility index (Phi) is 6.32. The summed E-state index contributed by atoms with van der Waals surface area (Å²) in [5.41, 5.74) is 4.13. The Morgan fingerprint density at radius 3 is 2.70 bits per heavy atom. The Hall–Kier alpha value is -3.29. The summed E-state index contributed by atoms with van der Waals surface area (Å²) < 4.78 is 20.5. The number of fused-ring (bicyclic) bond motifs is 1. The summed E-state index contributed by atoms with van der Waals surface area (Å²) >= 11 is 6.44. The molecular weight excluding hydrogens is 456 g/mol. The summed E-state index contributed by atoms with van der Waals surface area (Å²) in [6.45, 7) is 0.953. The molecule has 166 valence electrons. The highest BCUT2D eigenvalue weighted by Gasteiger charge is 2.24. The van der Waals surface area contributed by atoms with Crippen molar-refractivity contribution < 1.29 is 8.95 Å². The van der Waals surface area contributed by atoms with Gasteiger partial charge in [-0.05, 0) is 42.3 Å². The molecular formula is C25H21ClN4O2S. The predicted octanol–water partition coefficient (Wildman–Crippen LogP) is 4.45. The fourth-order valence-electron chi connectivity index (χ4n) is 3.73. The highest BCUT2D eigenvalue weighted by Crippen LogP contribution is 2.29. The molecule has 1 atom stereocenters. The zero-order valence-electron chi connectivity index (χ0n) is 17.7. The van der Waals surface area contributed by atoms with E-state index in [1.54, 1.807) is 24.7 Å². The SMILES string of the molecule is O=S1CCc2c1n(Cc1ccccc1)cnc2=Nc1ccc(OCc2ccccn2)c(Cl)c1. The van der Waals surface area contributed by atoms with Crippen molar-refractivity contribution in [3.8, 4) is 5.75 Å². The van der Waals surface area contributed by atoms with Crippen LogP contribution in [0.15, 0.2) is 89.3 Å². The minimum absolute atomic E-state index is 0.331. The molecule has 3 heterocycles. The molecule has 33 heavy (non-hydrogen) atoms. The number of hydrogen-bond acceptors (Lipinski definition) is 5. The van der Waals surface area contributed by atoms with Crippen molar-refractivity contribution in [1.29, 1.82) is 0 Å². The van der Waals surface area contributed by atoms with E-state index in [0.717, 1.165) is 21.8 Å². The van der Waals surface area contributed by atoms with Crippen LogP contribution in [0.3, 0.4) is 0 Å². The zero-order valence-corrected chi connectivity index (χ0v) is 19.3. The average molecular weight is 477 g/mol. The van der Waals surface area contributed by atoms with Crippen molar-refractivity contribution >= 4 is 28.1 Å². The number of aromatic nitrogens is 3. The van der Waals surface area contributed by atoms with Gasteiger partial charge in [0.05, 0.1) is 33.5 Å². The van der Waals surface area contributed by atoms with Gasteiger partial charge in [0.2, 0.25) is 0 Å². The van der Waals surface area contributed by atoms with Gasteiger partial charge in [0.15, 0.2) is 5.49 Å². The van der Waals surface area contributed by atoms with Gasteiger partial charge in [-0.1, -0.05) is 48.0 Å². The van der Waals surface area contributed by atoms with Crippen LogP contribution in [0.25, 0.3) is 0 Å². The second kappa shape index (κ2) is 9.68. The highest BCUT2D eigenvalue weighted by atomic mass is 35.5. The fourth-order valence-corrected chi connectivity index (χ4v) is 5.38. The first-order chi connectivity index (χ1) is 16.2. The molecule has 4 aromatic rings. The van der Waals surface area contributed by atoms with Gasteiger partial charge >= 0.3 is 0 Å². The molecule has 0 aliphatic carbocycles. The van der Waals surface area contributed by atoms with E-state index in [0.29, 0.717) is 47.3 Å². The third-order valence-electron chi connectivity index (χ3n) is 5.31. The third kappa shape index (κ3) is 4.89. The van der Waals surface area contributed by atoms with Crippen molar-refractivity contribution in [3.63, 3.8) is 0 Å². The lowest BCUT2D eigenvalue weighted by Gasteiger charge is -2.12. The maximum Gasteiger partial charge on any atom is 0.160 e. The largest absolute Gasteiger partial charge is 0.486 e. The fraction of sp³-hybridized carbons (Fsp3) is 0.160. The van der Waals surface area contributed by atoms with Crippen LogP contribution < -0.4 is 10.2 Å². The van der Waals surface area contributed by atoms with Gasteiger partial charge in [-0.15, -0.1) is 0 Å². The van der Waals surface area contributed by atoms with Crippen LogP contribution in [-0.4, -0.2) is 24.5 Å². The second-order valence-corrected chi connectivity index (χ2v) is 9.49. The smallest absolute Gasteiger partial charge is 0.160 e. The molecule has 0 amide bonds. The van der Waals surface area contributed by atoms with E-state index in [1.165, 1.54) is 0 Å². The van der Waals surface area contributed by atoms with E-state index in [-0.39, 0.29) is 0 Å². The highest BCUT2D eigenvalue weighted by molar-refractivity contribution is 7.85. The van der Waals surface area contributed by atoms with E-state index in [9.17, 15) is 4.21 Å². The first-order valence-corrected chi connectivity index (χ1v) is 12.2. The molecule has 5 rings (SSSR count). The standard InChI is InChI=1S/C25H21ClN4O2S/c26-22-14-19(9-10-23(22)32-16-20-8-4-5-12-27-20)29-24-21-11-13-33(31)25(21)30(17-28-24)15-18-6-2-1-3-7-18/h1-10,12,14,17H,11,13,15-16H2. The molecule has 0 N–H and O–H groups in total. The van der Waals surface area contributed by atoms with Crippen LogP contribution in [0, 0.1) is 0 Å². The molecule has 2 aromatic heterocycles. The molecule has 0 saturated carbocycles. The van der Waals surface area contributed by atoms with Crippen molar-refractivity contribution in [3.05, 3.63) is 107 Å². The number of nitrogens with zero attached hydrogens (tertiary/aromatic N) is 4. The van der Waals surface area contributed by atoms with Gasteiger partial charge in [0, 0.05) is 24.1 Å². The molecule has 0 bridgehead atoms. The third-order valence-corrected chi connectivity index (χ3v) is 7.09. The molecule has 0 spiro atoms. The van der Waals surface area contributed by atoms with Gasteiger partial charge in [0.1, 0.15) is 17.4 Å². The monoisotopic (exact) mass is 476 g/mol. The molecule has 1 aliphatic heterocycles. The zero-order chi connectivity index (χ0) is 22.6. The Morgan fingerprint density at radius 2 is 1.91 bits per heavy atom. The average Bonchev–Trinajstić information content (AvgIpc) is 3.24. The summed E-state index contributed by atoms with van der Waals surface area (Å²) in [5.74, 6) is 1.15. The van der Waals surface area contributed by atoms with E-state index in [1.807, 2.05) is 47.0 Å². The quantitative estimate of drug-likeness (QED) is 0.385. The molecule has 0 saturated heterocycles. The van der Waals surface area contributed by atoms with Crippen molar-refractivity contribution in [2.75, 3.05) is 5.75 Å². The topological polar surface area (TPSA) is 69.4 Å². The van der Waals surface area contributed by atoms with Gasteiger partial charge in [-0.25, -0.2) is 9.98 Å². The normalized spacial score (nSPS) is 15.4. The van der Waals surface area contributed by atoms with Crippen molar-refractivity contribution in [1.82, 2.24) is 14.5 Å². The van der Waals surface area contributed by atoms with Gasteiger partial charge in [0.25, 0.3) is 0 Å². The predicted molar refractivity (Wildman–Crippen MR) is 128 cm³/mol. The number of rotatable bonds is 6. The summed E-state index contributed by atoms with van der Waals surface area (Å²) in [6.07, 6.45) is 4.13. The van der Waals surface area contributed by atoms with Crippen LogP contribution in [0.4, 0.5) is 5.69 Å². The lowest BCUT2D eigenvalue weighted by atomic mass is 10.2. The molecule has 1 unspecified atom stereocenters. The summed E-state index contributed by atoms with van der Waals surface area (Å²) in [5, 5.41) is 1.26. The lowest BCUT2D eigenvalue weighted by molar-refractivity contribution is 0.301. The summed E-state index contributed by atoms with van der Waals surface area (Å²) in [7, 11) is -1.07. The van der Waals surface area contributed by atoms with Crippen LogP contribution in [-0.2, 0) is 30.4 Å². The van der Waals surface area contributed by atoms with E-state index >= 15 is 0 Å². The maximum atomic E-state index is 12.7. The van der Waals surface area contributed by atoms with Crippen LogP contribution in [0.2, 0.25) is 5.02 Å².